The minimum Gasteiger partial charge on any atom is -0.324 e. The second-order valence-corrected chi connectivity index (χ2v) is 7.03. The van der Waals surface area contributed by atoms with E-state index in [0.29, 0.717) is 17.2 Å². The molecule has 24 heavy (non-hydrogen) atoms. The highest BCUT2D eigenvalue weighted by atomic mass is 16.2. The minimum atomic E-state index is -0.0585. The van der Waals surface area contributed by atoms with Crippen LogP contribution in [-0.4, -0.2) is 54.3 Å². The molecule has 2 aliphatic heterocycles. The van der Waals surface area contributed by atoms with Gasteiger partial charge < -0.3 is 15.1 Å². The normalized spacial score (nSPS) is 21.7. The predicted molar refractivity (Wildman–Crippen MR) is 95.4 cm³/mol. The highest BCUT2D eigenvalue weighted by Crippen LogP contribution is 2.21. The summed E-state index contributed by atoms with van der Waals surface area (Å²) in [5.74, 6) is 0.589. The molecule has 0 aliphatic carbocycles. The summed E-state index contributed by atoms with van der Waals surface area (Å²) in [4.78, 5) is 28.3. The molecule has 5 heteroatoms. The Hall–Kier alpha value is -1.88. The van der Waals surface area contributed by atoms with Crippen molar-refractivity contribution in [3.05, 3.63) is 29.8 Å². The minimum absolute atomic E-state index is 0.00821. The third-order valence-corrected chi connectivity index (χ3v) is 5.06. The van der Waals surface area contributed by atoms with Crippen molar-refractivity contribution in [2.75, 3.05) is 38.0 Å². The number of benzene rings is 1. The van der Waals surface area contributed by atoms with Gasteiger partial charge in [-0.15, -0.1) is 0 Å². The van der Waals surface area contributed by atoms with E-state index >= 15 is 0 Å². The molecule has 1 aromatic carbocycles. The Kier molecular flexibility index (Phi) is 5.51. The van der Waals surface area contributed by atoms with Gasteiger partial charge in [0.2, 0.25) is 0 Å². The summed E-state index contributed by atoms with van der Waals surface area (Å²) in [6.07, 6.45) is 5.05. The molecule has 0 bridgehead atoms. The molecule has 2 fully saturated rings. The number of nitrogens with one attached hydrogen (secondary N) is 1. The third kappa shape index (κ3) is 4.35. The Balaban J connectivity index is 1.51. The molecule has 0 saturated carbocycles. The van der Waals surface area contributed by atoms with Crippen LogP contribution in [-0.2, 0) is 0 Å². The van der Waals surface area contributed by atoms with Crippen molar-refractivity contribution < 1.29 is 9.59 Å². The summed E-state index contributed by atoms with van der Waals surface area (Å²) in [5, 5.41) is 2.92. The van der Waals surface area contributed by atoms with E-state index in [1.54, 1.807) is 18.2 Å². The standard InChI is InChI=1S/C19H27N3O2/c1-15(23)17-6-5-7-18(12-17)20-19(24)22-11-8-16(14-22)13-21-9-3-2-4-10-21/h5-7,12,16H,2-4,8-11,13-14H2,1H3,(H,20,24). The maximum Gasteiger partial charge on any atom is 0.321 e. The highest BCUT2D eigenvalue weighted by Gasteiger charge is 2.28. The molecule has 1 atom stereocenters. The molecule has 3 rings (SSSR count). The maximum absolute atomic E-state index is 12.4. The lowest BCUT2D eigenvalue weighted by Gasteiger charge is -2.29. The topological polar surface area (TPSA) is 52.7 Å². The van der Waals surface area contributed by atoms with Crippen LogP contribution in [0.2, 0.25) is 0 Å². The second kappa shape index (κ2) is 7.79. The van der Waals surface area contributed by atoms with Crippen LogP contribution >= 0.6 is 0 Å². The Bertz CT molecular complexity index is 596. The first-order valence-corrected chi connectivity index (χ1v) is 9.01. The Morgan fingerprint density at radius 1 is 1.17 bits per heavy atom. The zero-order chi connectivity index (χ0) is 16.9. The average Bonchev–Trinajstić information content (AvgIpc) is 3.04. The van der Waals surface area contributed by atoms with Crippen LogP contribution in [0.4, 0.5) is 10.5 Å². The number of nitrogens with zero attached hydrogens (tertiary/aromatic N) is 2. The van der Waals surface area contributed by atoms with Crippen LogP contribution in [0.15, 0.2) is 24.3 Å². The van der Waals surface area contributed by atoms with Crippen molar-refractivity contribution in [2.24, 2.45) is 5.92 Å². The Morgan fingerprint density at radius 3 is 2.71 bits per heavy atom. The van der Waals surface area contributed by atoms with Crippen LogP contribution in [0.25, 0.3) is 0 Å². The summed E-state index contributed by atoms with van der Waals surface area (Å²) in [6.45, 7) is 6.71. The zero-order valence-electron chi connectivity index (χ0n) is 14.5. The van der Waals surface area contributed by atoms with Gasteiger partial charge in [-0.1, -0.05) is 18.6 Å². The summed E-state index contributed by atoms with van der Waals surface area (Å²) >= 11 is 0. The SMILES string of the molecule is CC(=O)c1cccc(NC(=O)N2CCC(CN3CCCCC3)C2)c1. The fourth-order valence-corrected chi connectivity index (χ4v) is 3.69. The average molecular weight is 329 g/mol. The van der Waals surface area contributed by atoms with E-state index in [9.17, 15) is 9.59 Å². The van der Waals surface area contributed by atoms with Crippen molar-refractivity contribution in [2.45, 2.75) is 32.6 Å². The van der Waals surface area contributed by atoms with Crippen molar-refractivity contribution in [3.63, 3.8) is 0 Å². The monoisotopic (exact) mass is 329 g/mol. The van der Waals surface area contributed by atoms with Gasteiger partial charge in [0.05, 0.1) is 0 Å². The number of anilines is 1. The number of hydrogen-bond donors (Lipinski definition) is 1. The van der Waals surface area contributed by atoms with Crippen LogP contribution < -0.4 is 5.32 Å². The number of piperidine rings is 1. The van der Waals surface area contributed by atoms with Crippen LogP contribution in [0.5, 0.6) is 0 Å². The van der Waals surface area contributed by atoms with E-state index in [0.717, 1.165) is 26.1 Å². The van der Waals surface area contributed by atoms with E-state index in [-0.39, 0.29) is 11.8 Å². The van der Waals surface area contributed by atoms with E-state index < -0.39 is 0 Å². The number of ketones is 1. The summed E-state index contributed by atoms with van der Waals surface area (Å²) in [5.41, 5.74) is 1.31. The number of amides is 2. The lowest BCUT2D eigenvalue weighted by molar-refractivity contribution is 0.101. The van der Waals surface area contributed by atoms with Gasteiger partial charge in [0.25, 0.3) is 0 Å². The molecule has 2 amide bonds. The van der Waals surface area contributed by atoms with Gasteiger partial charge in [0.15, 0.2) is 5.78 Å². The van der Waals surface area contributed by atoms with Gasteiger partial charge in [0, 0.05) is 30.9 Å². The third-order valence-electron chi connectivity index (χ3n) is 5.06. The Labute approximate surface area is 144 Å². The molecule has 5 nitrogen and oxygen atoms in total. The van der Waals surface area contributed by atoms with Gasteiger partial charge in [-0.25, -0.2) is 4.79 Å². The molecule has 0 spiro atoms. The predicted octanol–water partition coefficient (Wildman–Crippen LogP) is 3.23. The quantitative estimate of drug-likeness (QED) is 0.863. The molecular weight excluding hydrogens is 302 g/mol. The number of carbonyl (C=O) groups excluding carboxylic acids is 2. The van der Waals surface area contributed by atoms with E-state index in [1.807, 2.05) is 11.0 Å². The van der Waals surface area contributed by atoms with Gasteiger partial charge in [-0.2, -0.15) is 0 Å². The fourth-order valence-electron chi connectivity index (χ4n) is 3.69. The number of rotatable bonds is 4. The summed E-state index contributed by atoms with van der Waals surface area (Å²) in [6, 6.07) is 7.07. The number of hydrogen-bond acceptors (Lipinski definition) is 3. The number of Topliss-reactive ketones (excluding diaryl/α,β-unsaturated/α-hetero) is 1. The lowest BCUT2D eigenvalue weighted by Crippen LogP contribution is -2.37. The molecule has 0 aromatic heterocycles. The van der Waals surface area contributed by atoms with Crippen LogP contribution in [0.3, 0.4) is 0 Å². The maximum atomic E-state index is 12.4. The van der Waals surface area contributed by atoms with E-state index in [2.05, 4.69) is 10.2 Å². The smallest absolute Gasteiger partial charge is 0.321 e. The Morgan fingerprint density at radius 2 is 1.96 bits per heavy atom. The molecule has 1 N–H and O–H groups in total. The lowest BCUT2D eigenvalue weighted by atomic mass is 10.1. The molecule has 1 unspecified atom stereocenters. The molecule has 130 valence electrons. The van der Waals surface area contributed by atoms with Crippen LogP contribution in [0.1, 0.15) is 43.0 Å². The zero-order valence-corrected chi connectivity index (χ0v) is 14.5. The first-order valence-electron chi connectivity index (χ1n) is 9.01. The highest BCUT2D eigenvalue weighted by molar-refractivity contribution is 5.96. The number of likely N-dealkylation sites (tertiary alicyclic amines) is 2. The molecule has 0 radical (unpaired) electrons. The largest absolute Gasteiger partial charge is 0.324 e. The van der Waals surface area contributed by atoms with Gasteiger partial charge in [-0.05, 0) is 57.3 Å². The van der Waals surface area contributed by atoms with Gasteiger partial charge in [0.1, 0.15) is 0 Å². The van der Waals surface area contributed by atoms with Crippen molar-refractivity contribution >= 4 is 17.5 Å². The van der Waals surface area contributed by atoms with Gasteiger partial charge >= 0.3 is 6.03 Å². The van der Waals surface area contributed by atoms with Crippen molar-refractivity contribution in [1.82, 2.24) is 9.80 Å². The first-order chi connectivity index (χ1) is 11.6. The van der Waals surface area contributed by atoms with E-state index in [4.69, 9.17) is 0 Å². The van der Waals surface area contributed by atoms with Crippen molar-refractivity contribution in [1.29, 1.82) is 0 Å². The van der Waals surface area contributed by atoms with Crippen LogP contribution in [0, 0.1) is 5.92 Å². The fraction of sp³-hybridized carbons (Fsp3) is 0.579. The molecule has 2 aliphatic rings. The molecule has 2 saturated heterocycles. The molecule has 2 heterocycles. The number of carbonyl (C=O) groups is 2. The molecule has 1 aromatic rings. The summed E-state index contributed by atoms with van der Waals surface area (Å²) < 4.78 is 0. The first kappa shape index (κ1) is 17.0. The number of urea groups is 1. The van der Waals surface area contributed by atoms with Crippen molar-refractivity contribution in [3.8, 4) is 0 Å². The van der Waals surface area contributed by atoms with E-state index in [1.165, 1.54) is 39.3 Å². The summed E-state index contributed by atoms with van der Waals surface area (Å²) in [7, 11) is 0. The second-order valence-electron chi connectivity index (χ2n) is 7.03. The molecular formula is C19H27N3O2. The van der Waals surface area contributed by atoms with Gasteiger partial charge in [-0.3, -0.25) is 4.79 Å².